The molecule has 0 spiro atoms. The van der Waals surface area contributed by atoms with E-state index in [4.69, 9.17) is 10.5 Å². The summed E-state index contributed by atoms with van der Waals surface area (Å²) in [7, 11) is 0. The van der Waals surface area contributed by atoms with E-state index in [-0.39, 0.29) is 6.04 Å². The summed E-state index contributed by atoms with van der Waals surface area (Å²) in [5.41, 5.74) is 6.01. The topological polar surface area (TPSA) is 35.2 Å². The zero-order chi connectivity index (χ0) is 11.1. The van der Waals surface area contributed by atoms with Gasteiger partial charge in [-0.15, -0.1) is 0 Å². The molecule has 2 nitrogen and oxygen atoms in total. The Bertz CT molecular complexity index is 153. The summed E-state index contributed by atoms with van der Waals surface area (Å²) in [6, 6.07) is 0.245. The second-order valence-corrected chi connectivity index (χ2v) is 5.22. The molecule has 1 fully saturated rings. The molecular formula is C13H27NO. The molecular weight excluding hydrogens is 186 g/mol. The van der Waals surface area contributed by atoms with E-state index in [1.54, 1.807) is 0 Å². The van der Waals surface area contributed by atoms with E-state index >= 15 is 0 Å². The van der Waals surface area contributed by atoms with E-state index in [0.717, 1.165) is 18.9 Å². The lowest BCUT2D eigenvalue weighted by Gasteiger charge is -2.23. The van der Waals surface area contributed by atoms with Crippen LogP contribution in [0.25, 0.3) is 0 Å². The van der Waals surface area contributed by atoms with Crippen LogP contribution in [-0.4, -0.2) is 18.8 Å². The van der Waals surface area contributed by atoms with E-state index in [9.17, 15) is 0 Å². The van der Waals surface area contributed by atoms with Crippen molar-refractivity contribution in [2.45, 2.75) is 70.9 Å². The highest BCUT2D eigenvalue weighted by molar-refractivity contribution is 4.69. The van der Waals surface area contributed by atoms with Gasteiger partial charge < -0.3 is 10.5 Å². The fourth-order valence-corrected chi connectivity index (χ4v) is 2.32. The maximum absolute atomic E-state index is 6.01. The SMILES string of the molecule is CC(C)OCC(N)CCC1CCCCC1. The molecule has 0 aromatic rings. The van der Waals surface area contributed by atoms with Crippen molar-refractivity contribution in [3.63, 3.8) is 0 Å². The van der Waals surface area contributed by atoms with Gasteiger partial charge in [-0.05, 0) is 32.6 Å². The summed E-state index contributed by atoms with van der Waals surface area (Å²) in [6.07, 6.45) is 9.92. The molecule has 1 atom stereocenters. The van der Waals surface area contributed by atoms with Gasteiger partial charge >= 0.3 is 0 Å². The summed E-state index contributed by atoms with van der Waals surface area (Å²) in [6.45, 7) is 4.85. The lowest BCUT2D eigenvalue weighted by molar-refractivity contribution is 0.0654. The molecule has 90 valence electrons. The largest absolute Gasteiger partial charge is 0.377 e. The monoisotopic (exact) mass is 213 g/mol. The van der Waals surface area contributed by atoms with Gasteiger partial charge in [0.1, 0.15) is 0 Å². The summed E-state index contributed by atoms with van der Waals surface area (Å²) in [4.78, 5) is 0. The summed E-state index contributed by atoms with van der Waals surface area (Å²) in [5, 5.41) is 0. The van der Waals surface area contributed by atoms with Crippen molar-refractivity contribution in [2.75, 3.05) is 6.61 Å². The van der Waals surface area contributed by atoms with Crippen molar-refractivity contribution < 1.29 is 4.74 Å². The van der Waals surface area contributed by atoms with Crippen LogP contribution in [0.4, 0.5) is 0 Å². The van der Waals surface area contributed by atoms with Crippen LogP contribution in [0, 0.1) is 5.92 Å². The standard InChI is InChI=1S/C13H27NO/c1-11(2)15-10-13(14)9-8-12-6-4-3-5-7-12/h11-13H,3-10,14H2,1-2H3. The van der Waals surface area contributed by atoms with Crippen LogP contribution < -0.4 is 5.73 Å². The lowest BCUT2D eigenvalue weighted by atomic mass is 9.85. The Morgan fingerprint density at radius 3 is 2.47 bits per heavy atom. The molecule has 1 rings (SSSR count). The van der Waals surface area contributed by atoms with Gasteiger partial charge in [0.25, 0.3) is 0 Å². The van der Waals surface area contributed by atoms with Crippen LogP contribution >= 0.6 is 0 Å². The molecule has 0 saturated heterocycles. The average Bonchev–Trinajstić information content (AvgIpc) is 2.25. The maximum Gasteiger partial charge on any atom is 0.0620 e. The van der Waals surface area contributed by atoms with Crippen molar-refractivity contribution in [2.24, 2.45) is 11.7 Å². The first-order valence-corrected chi connectivity index (χ1v) is 6.55. The predicted molar refractivity (Wildman–Crippen MR) is 64.9 cm³/mol. The summed E-state index contributed by atoms with van der Waals surface area (Å²) in [5.74, 6) is 0.948. The Labute approximate surface area is 94.6 Å². The minimum atomic E-state index is 0.245. The first-order chi connectivity index (χ1) is 7.18. The quantitative estimate of drug-likeness (QED) is 0.736. The van der Waals surface area contributed by atoms with Crippen LogP contribution in [0.1, 0.15) is 58.8 Å². The van der Waals surface area contributed by atoms with E-state index in [0.29, 0.717) is 6.10 Å². The van der Waals surface area contributed by atoms with Crippen molar-refractivity contribution in [1.82, 2.24) is 0 Å². The molecule has 1 aliphatic rings. The number of ether oxygens (including phenoxy) is 1. The maximum atomic E-state index is 6.01. The number of nitrogens with two attached hydrogens (primary N) is 1. The van der Waals surface area contributed by atoms with Gasteiger partial charge in [0, 0.05) is 6.04 Å². The minimum absolute atomic E-state index is 0.245. The molecule has 2 N–H and O–H groups in total. The predicted octanol–water partition coefficient (Wildman–Crippen LogP) is 3.10. The van der Waals surface area contributed by atoms with E-state index in [1.807, 2.05) is 0 Å². The second-order valence-electron chi connectivity index (χ2n) is 5.22. The molecule has 2 heteroatoms. The normalized spacial score (nSPS) is 20.8. The summed E-state index contributed by atoms with van der Waals surface area (Å²) >= 11 is 0. The van der Waals surface area contributed by atoms with Gasteiger partial charge in [0.05, 0.1) is 12.7 Å². The zero-order valence-electron chi connectivity index (χ0n) is 10.4. The highest BCUT2D eigenvalue weighted by atomic mass is 16.5. The number of hydrogen-bond donors (Lipinski definition) is 1. The van der Waals surface area contributed by atoms with Crippen molar-refractivity contribution in [3.8, 4) is 0 Å². The second kappa shape index (κ2) is 7.24. The van der Waals surface area contributed by atoms with Gasteiger partial charge in [0.15, 0.2) is 0 Å². The first-order valence-electron chi connectivity index (χ1n) is 6.55. The number of hydrogen-bond acceptors (Lipinski definition) is 2. The van der Waals surface area contributed by atoms with Crippen LogP contribution in [0.3, 0.4) is 0 Å². The van der Waals surface area contributed by atoms with Crippen molar-refractivity contribution >= 4 is 0 Å². The van der Waals surface area contributed by atoms with Gasteiger partial charge in [-0.25, -0.2) is 0 Å². The molecule has 15 heavy (non-hydrogen) atoms. The Kier molecular flexibility index (Phi) is 6.26. The molecule has 0 aromatic heterocycles. The molecule has 0 amide bonds. The molecule has 1 saturated carbocycles. The van der Waals surface area contributed by atoms with E-state index in [1.165, 1.54) is 38.5 Å². The number of rotatable bonds is 6. The summed E-state index contributed by atoms with van der Waals surface area (Å²) < 4.78 is 5.52. The first kappa shape index (κ1) is 13.0. The van der Waals surface area contributed by atoms with Crippen LogP contribution in [0.2, 0.25) is 0 Å². The molecule has 1 unspecified atom stereocenters. The van der Waals surface area contributed by atoms with Gasteiger partial charge in [0.2, 0.25) is 0 Å². The third-order valence-electron chi connectivity index (χ3n) is 3.31. The Morgan fingerprint density at radius 2 is 1.87 bits per heavy atom. The van der Waals surface area contributed by atoms with Gasteiger partial charge in [-0.3, -0.25) is 0 Å². The molecule has 0 aliphatic heterocycles. The minimum Gasteiger partial charge on any atom is -0.377 e. The fraction of sp³-hybridized carbons (Fsp3) is 1.00. The average molecular weight is 213 g/mol. The van der Waals surface area contributed by atoms with Crippen molar-refractivity contribution in [1.29, 1.82) is 0 Å². The smallest absolute Gasteiger partial charge is 0.0620 e. The highest BCUT2D eigenvalue weighted by Crippen LogP contribution is 2.27. The molecule has 0 radical (unpaired) electrons. The van der Waals surface area contributed by atoms with Crippen LogP contribution in [-0.2, 0) is 4.74 Å². The Balaban J connectivity index is 2.02. The van der Waals surface area contributed by atoms with Crippen LogP contribution in [0.15, 0.2) is 0 Å². The molecule has 0 bridgehead atoms. The lowest BCUT2D eigenvalue weighted by Crippen LogP contribution is -2.28. The molecule has 1 aliphatic carbocycles. The van der Waals surface area contributed by atoms with E-state index in [2.05, 4.69) is 13.8 Å². The molecule has 0 heterocycles. The highest BCUT2D eigenvalue weighted by Gasteiger charge is 2.14. The van der Waals surface area contributed by atoms with E-state index < -0.39 is 0 Å². The molecule has 0 aromatic carbocycles. The van der Waals surface area contributed by atoms with Gasteiger partial charge in [-0.2, -0.15) is 0 Å². The van der Waals surface area contributed by atoms with Gasteiger partial charge in [-0.1, -0.05) is 32.1 Å². The fourth-order valence-electron chi connectivity index (χ4n) is 2.32. The van der Waals surface area contributed by atoms with Crippen LogP contribution in [0.5, 0.6) is 0 Å². The third-order valence-corrected chi connectivity index (χ3v) is 3.31. The zero-order valence-corrected chi connectivity index (χ0v) is 10.4. The Morgan fingerprint density at radius 1 is 1.20 bits per heavy atom. The third kappa shape index (κ3) is 6.16. The Hall–Kier alpha value is -0.0800. The van der Waals surface area contributed by atoms with Crippen molar-refractivity contribution in [3.05, 3.63) is 0 Å².